The molecule has 1 amide bonds. The van der Waals surface area contributed by atoms with Crippen LogP contribution in [0.4, 0.5) is 4.79 Å². The monoisotopic (exact) mass is 259 g/mol. The quantitative estimate of drug-likeness (QED) is 0.340. The molecule has 4 nitrogen and oxygen atoms in total. The SMILES string of the molecule is CCCCCCCCCCCCOC(=O)N(C)O. The number of hydroxylamine groups is 2. The van der Waals surface area contributed by atoms with E-state index in [1.807, 2.05) is 0 Å². The van der Waals surface area contributed by atoms with Crippen molar-refractivity contribution in [3.63, 3.8) is 0 Å². The molecule has 0 aliphatic rings. The molecule has 0 rings (SSSR count). The summed E-state index contributed by atoms with van der Waals surface area (Å²) in [5.74, 6) is 0. The van der Waals surface area contributed by atoms with Gasteiger partial charge in [-0.3, -0.25) is 5.21 Å². The van der Waals surface area contributed by atoms with Crippen LogP contribution in [0, 0.1) is 0 Å². The third kappa shape index (κ3) is 11.7. The van der Waals surface area contributed by atoms with Gasteiger partial charge in [-0.15, -0.1) is 0 Å². The van der Waals surface area contributed by atoms with Crippen LogP contribution in [-0.4, -0.2) is 30.0 Å². The number of amides is 1. The van der Waals surface area contributed by atoms with Crippen molar-refractivity contribution in [3.05, 3.63) is 0 Å². The number of ether oxygens (including phenoxy) is 1. The van der Waals surface area contributed by atoms with Gasteiger partial charge in [-0.2, -0.15) is 5.06 Å². The van der Waals surface area contributed by atoms with E-state index in [9.17, 15) is 4.79 Å². The van der Waals surface area contributed by atoms with Crippen molar-refractivity contribution in [2.45, 2.75) is 71.1 Å². The number of nitrogens with zero attached hydrogens (tertiary/aromatic N) is 1. The standard InChI is InChI=1S/C14H29NO3/c1-3-4-5-6-7-8-9-10-11-12-13-18-14(16)15(2)17/h17H,3-13H2,1-2H3. The number of rotatable bonds is 11. The van der Waals surface area contributed by atoms with E-state index in [0.29, 0.717) is 11.7 Å². The van der Waals surface area contributed by atoms with Gasteiger partial charge in [0.15, 0.2) is 0 Å². The van der Waals surface area contributed by atoms with Crippen LogP contribution in [0.15, 0.2) is 0 Å². The molecule has 0 saturated carbocycles. The summed E-state index contributed by atoms with van der Waals surface area (Å²) >= 11 is 0. The van der Waals surface area contributed by atoms with Crippen LogP contribution < -0.4 is 0 Å². The molecule has 0 unspecified atom stereocenters. The second-order valence-corrected chi connectivity index (χ2v) is 4.82. The minimum absolute atomic E-state index is 0.403. The van der Waals surface area contributed by atoms with Crippen LogP contribution in [0.2, 0.25) is 0 Å². The molecule has 4 heteroatoms. The number of unbranched alkanes of at least 4 members (excludes halogenated alkanes) is 9. The molecule has 0 aromatic carbocycles. The van der Waals surface area contributed by atoms with Gasteiger partial charge in [-0.05, 0) is 6.42 Å². The molecule has 0 radical (unpaired) electrons. The van der Waals surface area contributed by atoms with E-state index in [2.05, 4.69) is 6.92 Å². The highest BCUT2D eigenvalue weighted by Crippen LogP contribution is 2.10. The number of carbonyl (C=O) groups excluding carboxylic acids is 1. The largest absolute Gasteiger partial charge is 0.448 e. The van der Waals surface area contributed by atoms with Gasteiger partial charge in [-0.25, -0.2) is 4.79 Å². The second kappa shape index (κ2) is 12.7. The summed E-state index contributed by atoms with van der Waals surface area (Å²) in [5, 5.41) is 9.21. The molecule has 0 aromatic heterocycles. The molecule has 0 aliphatic heterocycles. The molecule has 18 heavy (non-hydrogen) atoms. The Kier molecular flexibility index (Phi) is 12.1. The molecule has 0 spiro atoms. The first-order chi connectivity index (χ1) is 8.68. The van der Waals surface area contributed by atoms with Gasteiger partial charge in [-0.1, -0.05) is 64.7 Å². The normalized spacial score (nSPS) is 10.4. The van der Waals surface area contributed by atoms with Crippen molar-refractivity contribution >= 4 is 6.09 Å². The number of hydrogen-bond donors (Lipinski definition) is 1. The van der Waals surface area contributed by atoms with Crippen LogP contribution in [0.1, 0.15) is 71.1 Å². The van der Waals surface area contributed by atoms with Gasteiger partial charge in [0.1, 0.15) is 0 Å². The minimum atomic E-state index is -0.675. The zero-order valence-corrected chi connectivity index (χ0v) is 12.0. The molecular formula is C14H29NO3. The zero-order valence-electron chi connectivity index (χ0n) is 12.0. The van der Waals surface area contributed by atoms with E-state index in [1.165, 1.54) is 58.4 Å². The summed E-state index contributed by atoms with van der Waals surface area (Å²) in [6, 6.07) is 0. The number of carbonyl (C=O) groups is 1. The van der Waals surface area contributed by atoms with E-state index in [4.69, 9.17) is 9.94 Å². The van der Waals surface area contributed by atoms with E-state index < -0.39 is 6.09 Å². The Hall–Kier alpha value is -0.770. The van der Waals surface area contributed by atoms with Crippen LogP contribution in [0.3, 0.4) is 0 Å². The molecule has 0 fully saturated rings. The molecule has 0 aromatic rings. The lowest BCUT2D eigenvalue weighted by molar-refractivity contribution is -0.0532. The van der Waals surface area contributed by atoms with Crippen molar-refractivity contribution in [1.82, 2.24) is 5.06 Å². The highest BCUT2D eigenvalue weighted by molar-refractivity contribution is 5.65. The summed E-state index contributed by atoms with van der Waals surface area (Å²) in [5.41, 5.74) is 0. The first-order valence-electron chi connectivity index (χ1n) is 7.27. The van der Waals surface area contributed by atoms with Gasteiger partial charge in [0.05, 0.1) is 6.61 Å². The Morgan fingerprint density at radius 1 is 0.944 bits per heavy atom. The smallest absolute Gasteiger partial charge is 0.433 e. The molecule has 0 heterocycles. The van der Waals surface area contributed by atoms with Crippen LogP contribution in [-0.2, 0) is 4.74 Å². The van der Waals surface area contributed by atoms with Gasteiger partial charge >= 0.3 is 6.09 Å². The lowest BCUT2D eigenvalue weighted by atomic mass is 10.1. The highest BCUT2D eigenvalue weighted by atomic mass is 16.6. The average molecular weight is 259 g/mol. The van der Waals surface area contributed by atoms with Gasteiger partial charge < -0.3 is 4.74 Å². The topological polar surface area (TPSA) is 49.8 Å². The van der Waals surface area contributed by atoms with Crippen LogP contribution in [0.25, 0.3) is 0 Å². The lowest BCUT2D eigenvalue weighted by Gasteiger charge is -2.08. The molecule has 1 N–H and O–H groups in total. The second-order valence-electron chi connectivity index (χ2n) is 4.82. The lowest BCUT2D eigenvalue weighted by Crippen LogP contribution is -2.23. The summed E-state index contributed by atoms with van der Waals surface area (Å²) in [6.45, 7) is 2.64. The Morgan fingerprint density at radius 2 is 1.39 bits per heavy atom. The van der Waals surface area contributed by atoms with E-state index in [0.717, 1.165) is 12.8 Å². The maximum absolute atomic E-state index is 10.9. The third-order valence-corrected chi connectivity index (χ3v) is 2.99. The fourth-order valence-electron chi connectivity index (χ4n) is 1.84. The molecule has 0 bridgehead atoms. The van der Waals surface area contributed by atoms with Gasteiger partial charge in [0.25, 0.3) is 0 Å². The van der Waals surface area contributed by atoms with E-state index in [-0.39, 0.29) is 0 Å². The summed E-state index contributed by atoms with van der Waals surface area (Å²) in [4.78, 5) is 10.9. The Morgan fingerprint density at radius 3 is 1.83 bits per heavy atom. The zero-order chi connectivity index (χ0) is 13.6. The molecular weight excluding hydrogens is 230 g/mol. The highest BCUT2D eigenvalue weighted by Gasteiger charge is 2.04. The van der Waals surface area contributed by atoms with E-state index >= 15 is 0 Å². The Labute approximate surface area is 111 Å². The maximum atomic E-state index is 10.9. The third-order valence-electron chi connectivity index (χ3n) is 2.99. The molecule has 0 atom stereocenters. The Balaban J connectivity index is 3.05. The van der Waals surface area contributed by atoms with Crippen molar-refractivity contribution < 1.29 is 14.7 Å². The van der Waals surface area contributed by atoms with Crippen molar-refractivity contribution in [1.29, 1.82) is 0 Å². The Bertz CT molecular complexity index is 195. The number of hydrogen-bond acceptors (Lipinski definition) is 3. The fourth-order valence-corrected chi connectivity index (χ4v) is 1.84. The average Bonchev–Trinajstić information content (AvgIpc) is 2.35. The van der Waals surface area contributed by atoms with Crippen molar-refractivity contribution in [2.75, 3.05) is 13.7 Å². The fraction of sp³-hybridized carbons (Fsp3) is 0.929. The first kappa shape index (κ1) is 17.2. The predicted molar refractivity (Wildman–Crippen MR) is 72.7 cm³/mol. The van der Waals surface area contributed by atoms with Crippen molar-refractivity contribution in [2.24, 2.45) is 0 Å². The predicted octanol–water partition coefficient (Wildman–Crippen LogP) is 4.36. The molecule has 108 valence electrons. The minimum Gasteiger partial charge on any atom is -0.448 e. The molecule has 0 saturated heterocycles. The van der Waals surface area contributed by atoms with Crippen molar-refractivity contribution in [3.8, 4) is 0 Å². The summed E-state index contributed by atoms with van der Waals surface area (Å²) in [7, 11) is 1.26. The van der Waals surface area contributed by atoms with Crippen LogP contribution in [0.5, 0.6) is 0 Å². The summed E-state index contributed by atoms with van der Waals surface area (Å²) < 4.78 is 4.81. The molecule has 0 aliphatic carbocycles. The van der Waals surface area contributed by atoms with E-state index in [1.54, 1.807) is 0 Å². The van der Waals surface area contributed by atoms with Crippen LogP contribution >= 0.6 is 0 Å². The first-order valence-corrected chi connectivity index (χ1v) is 7.27. The maximum Gasteiger partial charge on any atom is 0.433 e. The van der Waals surface area contributed by atoms with Gasteiger partial charge in [0, 0.05) is 7.05 Å². The van der Waals surface area contributed by atoms with Gasteiger partial charge in [0.2, 0.25) is 0 Å². The summed E-state index contributed by atoms with van der Waals surface area (Å²) in [6.07, 6.45) is 11.9.